The van der Waals surface area contributed by atoms with Gasteiger partial charge in [-0.2, -0.15) is 0 Å². The Morgan fingerprint density at radius 1 is 1.16 bits per heavy atom. The van der Waals surface area contributed by atoms with Gasteiger partial charge < -0.3 is 5.32 Å². The number of hydrogen-bond acceptors (Lipinski definition) is 1. The minimum Gasteiger partial charge on any atom is -0.314 e. The van der Waals surface area contributed by atoms with Crippen LogP contribution in [0.5, 0.6) is 0 Å². The molecule has 104 valence electrons. The van der Waals surface area contributed by atoms with Crippen molar-refractivity contribution in [1.29, 1.82) is 0 Å². The van der Waals surface area contributed by atoms with Crippen molar-refractivity contribution in [3.63, 3.8) is 0 Å². The smallest absolute Gasteiger partial charge is 0.0141 e. The summed E-state index contributed by atoms with van der Waals surface area (Å²) in [7, 11) is 0. The Labute approximate surface area is 130 Å². The van der Waals surface area contributed by atoms with Crippen molar-refractivity contribution in [3.8, 4) is 0 Å². The molecule has 3 unspecified atom stereocenters. The van der Waals surface area contributed by atoms with Crippen molar-refractivity contribution >= 4 is 22.6 Å². The van der Waals surface area contributed by atoms with Crippen molar-refractivity contribution in [2.24, 2.45) is 17.8 Å². The van der Waals surface area contributed by atoms with Crippen molar-refractivity contribution in [3.05, 3.63) is 33.4 Å². The van der Waals surface area contributed by atoms with Crippen molar-refractivity contribution in [2.75, 3.05) is 6.54 Å². The first kappa shape index (κ1) is 13.9. The van der Waals surface area contributed by atoms with Gasteiger partial charge in [-0.3, -0.25) is 0 Å². The molecule has 19 heavy (non-hydrogen) atoms. The Morgan fingerprint density at radius 2 is 1.79 bits per heavy atom. The van der Waals surface area contributed by atoms with Gasteiger partial charge in [-0.1, -0.05) is 31.9 Å². The molecule has 0 spiro atoms. The van der Waals surface area contributed by atoms with Crippen LogP contribution in [0.2, 0.25) is 0 Å². The SMILES string of the molecule is CCNC(Cc1ccc(I)cc1)C1C2CCCCC21. The first-order chi connectivity index (χ1) is 9.29. The molecule has 0 aliphatic heterocycles. The summed E-state index contributed by atoms with van der Waals surface area (Å²) < 4.78 is 1.33. The molecule has 3 rings (SSSR count). The molecule has 0 amide bonds. The molecule has 2 aliphatic rings. The quantitative estimate of drug-likeness (QED) is 0.766. The average molecular weight is 369 g/mol. The van der Waals surface area contributed by atoms with Crippen LogP contribution in [-0.4, -0.2) is 12.6 Å². The summed E-state index contributed by atoms with van der Waals surface area (Å²) in [5, 5.41) is 3.76. The normalized spacial score (nSPS) is 30.7. The molecule has 0 heterocycles. The van der Waals surface area contributed by atoms with Gasteiger partial charge in [0.15, 0.2) is 0 Å². The van der Waals surface area contributed by atoms with Crippen LogP contribution in [0.25, 0.3) is 0 Å². The van der Waals surface area contributed by atoms with E-state index in [-0.39, 0.29) is 0 Å². The standard InChI is InChI=1S/C17H24IN/c1-2-19-16(11-12-7-9-13(18)10-8-12)17-14-5-3-4-6-15(14)17/h7-10,14-17,19H,2-6,11H2,1H3. The Balaban J connectivity index is 1.66. The summed E-state index contributed by atoms with van der Waals surface area (Å²) in [5.74, 6) is 3.05. The molecule has 0 bridgehead atoms. The molecule has 2 fully saturated rings. The molecule has 1 aromatic rings. The molecule has 3 atom stereocenters. The third-order valence-corrected chi connectivity index (χ3v) is 5.74. The van der Waals surface area contributed by atoms with Crippen molar-refractivity contribution in [1.82, 2.24) is 5.32 Å². The van der Waals surface area contributed by atoms with Gasteiger partial charge in [-0.15, -0.1) is 0 Å². The third kappa shape index (κ3) is 3.15. The molecule has 1 N–H and O–H groups in total. The molecular weight excluding hydrogens is 345 g/mol. The van der Waals surface area contributed by atoms with E-state index in [1.807, 2.05) is 0 Å². The lowest BCUT2D eigenvalue weighted by molar-refractivity contribution is 0.437. The molecule has 2 aliphatic carbocycles. The van der Waals surface area contributed by atoms with E-state index in [2.05, 4.69) is 59.1 Å². The Bertz CT molecular complexity index is 402. The van der Waals surface area contributed by atoms with Crippen LogP contribution in [0, 0.1) is 21.3 Å². The fourth-order valence-corrected chi connectivity index (χ4v) is 4.49. The van der Waals surface area contributed by atoms with E-state index in [4.69, 9.17) is 0 Å². The highest BCUT2D eigenvalue weighted by Gasteiger charge is 2.53. The predicted octanol–water partition coefficient (Wildman–Crippen LogP) is 4.25. The minimum atomic E-state index is 0.707. The molecular formula is C17H24IN. The summed E-state index contributed by atoms with van der Waals surface area (Å²) in [6.07, 6.45) is 7.14. The third-order valence-electron chi connectivity index (χ3n) is 5.02. The van der Waals surface area contributed by atoms with E-state index < -0.39 is 0 Å². The highest BCUT2D eigenvalue weighted by atomic mass is 127. The van der Waals surface area contributed by atoms with E-state index in [0.29, 0.717) is 6.04 Å². The Hall–Kier alpha value is -0.0900. The molecule has 0 saturated heterocycles. The maximum absolute atomic E-state index is 3.76. The first-order valence-electron chi connectivity index (χ1n) is 7.77. The van der Waals surface area contributed by atoms with E-state index >= 15 is 0 Å². The van der Waals surface area contributed by atoms with Gasteiger partial charge in [-0.25, -0.2) is 0 Å². The lowest BCUT2D eigenvalue weighted by Crippen LogP contribution is -2.34. The molecule has 0 radical (unpaired) electrons. The number of fused-ring (bicyclic) bond motifs is 1. The molecule has 1 nitrogen and oxygen atoms in total. The minimum absolute atomic E-state index is 0.707. The zero-order valence-electron chi connectivity index (χ0n) is 11.7. The second kappa shape index (κ2) is 6.13. The molecule has 0 aromatic heterocycles. The van der Waals surface area contributed by atoms with Gasteiger partial charge in [0.05, 0.1) is 0 Å². The fraction of sp³-hybridized carbons (Fsp3) is 0.647. The lowest BCUT2D eigenvalue weighted by Gasteiger charge is -2.18. The predicted molar refractivity (Wildman–Crippen MR) is 89.3 cm³/mol. The van der Waals surface area contributed by atoms with Crippen LogP contribution in [0.1, 0.15) is 38.2 Å². The number of hydrogen-bond donors (Lipinski definition) is 1. The van der Waals surface area contributed by atoms with Crippen molar-refractivity contribution < 1.29 is 0 Å². The first-order valence-corrected chi connectivity index (χ1v) is 8.85. The highest BCUT2D eigenvalue weighted by molar-refractivity contribution is 14.1. The maximum atomic E-state index is 3.76. The topological polar surface area (TPSA) is 12.0 Å². The van der Waals surface area contributed by atoms with E-state index in [1.165, 1.54) is 41.2 Å². The molecule has 1 aromatic carbocycles. The van der Waals surface area contributed by atoms with Gasteiger partial charge in [0, 0.05) is 9.61 Å². The Morgan fingerprint density at radius 3 is 2.37 bits per heavy atom. The second-order valence-electron chi connectivity index (χ2n) is 6.18. The number of likely N-dealkylation sites (N-methyl/N-ethyl adjacent to an activating group) is 1. The highest BCUT2D eigenvalue weighted by Crippen LogP contribution is 2.57. The summed E-state index contributed by atoms with van der Waals surface area (Å²) in [5.41, 5.74) is 1.50. The monoisotopic (exact) mass is 369 g/mol. The van der Waals surface area contributed by atoms with Gasteiger partial charge in [-0.05, 0) is 83.8 Å². The maximum Gasteiger partial charge on any atom is 0.0141 e. The van der Waals surface area contributed by atoms with Gasteiger partial charge in [0.25, 0.3) is 0 Å². The van der Waals surface area contributed by atoms with E-state index in [9.17, 15) is 0 Å². The number of halogens is 1. The zero-order valence-corrected chi connectivity index (χ0v) is 13.9. The number of benzene rings is 1. The number of rotatable bonds is 5. The largest absolute Gasteiger partial charge is 0.314 e. The van der Waals surface area contributed by atoms with Gasteiger partial charge in [0.2, 0.25) is 0 Å². The summed E-state index contributed by atoms with van der Waals surface area (Å²) in [6, 6.07) is 9.78. The molecule has 2 saturated carbocycles. The van der Waals surface area contributed by atoms with E-state index in [0.717, 1.165) is 24.3 Å². The van der Waals surface area contributed by atoms with Crippen LogP contribution in [0.15, 0.2) is 24.3 Å². The van der Waals surface area contributed by atoms with Crippen LogP contribution in [-0.2, 0) is 6.42 Å². The van der Waals surface area contributed by atoms with Gasteiger partial charge in [0.1, 0.15) is 0 Å². The Kier molecular flexibility index (Phi) is 4.47. The van der Waals surface area contributed by atoms with Crippen LogP contribution in [0.4, 0.5) is 0 Å². The van der Waals surface area contributed by atoms with Crippen LogP contribution in [0.3, 0.4) is 0 Å². The zero-order chi connectivity index (χ0) is 13.2. The summed E-state index contributed by atoms with van der Waals surface area (Å²) in [4.78, 5) is 0. The molecule has 2 heteroatoms. The fourth-order valence-electron chi connectivity index (χ4n) is 4.13. The summed E-state index contributed by atoms with van der Waals surface area (Å²) >= 11 is 2.38. The van der Waals surface area contributed by atoms with Gasteiger partial charge >= 0.3 is 0 Å². The average Bonchev–Trinajstić information content (AvgIpc) is 3.15. The number of nitrogens with one attached hydrogen (secondary N) is 1. The van der Waals surface area contributed by atoms with Crippen molar-refractivity contribution in [2.45, 2.75) is 45.1 Å². The van der Waals surface area contributed by atoms with Crippen LogP contribution < -0.4 is 5.32 Å². The van der Waals surface area contributed by atoms with E-state index in [1.54, 1.807) is 0 Å². The van der Waals surface area contributed by atoms with Crippen LogP contribution >= 0.6 is 22.6 Å². The summed E-state index contributed by atoms with van der Waals surface area (Å²) in [6.45, 7) is 3.35. The lowest BCUT2D eigenvalue weighted by atomic mass is 10.00. The second-order valence-corrected chi connectivity index (χ2v) is 7.43.